The number of hydrogen-bond donors (Lipinski definition) is 3. The highest BCUT2D eigenvalue weighted by Gasteiger charge is 2.43. The Balaban J connectivity index is 2.05. The number of piperidine rings is 1. The molecule has 1 aliphatic heterocycles. The monoisotopic (exact) mass is 296 g/mol. The topological polar surface area (TPSA) is 78.4 Å². The van der Waals surface area contributed by atoms with Crippen molar-refractivity contribution in [2.75, 3.05) is 13.1 Å². The van der Waals surface area contributed by atoms with Gasteiger partial charge >= 0.3 is 5.97 Å². The molecule has 2 fully saturated rings. The lowest BCUT2D eigenvalue weighted by atomic mass is 9.73. The van der Waals surface area contributed by atoms with Gasteiger partial charge in [0, 0.05) is 5.41 Å². The van der Waals surface area contributed by atoms with Gasteiger partial charge in [0.1, 0.15) is 0 Å². The minimum atomic E-state index is -0.825. The lowest BCUT2D eigenvalue weighted by molar-refractivity contribution is -0.140. The van der Waals surface area contributed by atoms with Crippen LogP contribution >= 0.6 is 0 Å². The first-order valence-electron chi connectivity index (χ1n) is 8.11. The molecule has 120 valence electrons. The Hall–Kier alpha value is -1.10. The predicted molar refractivity (Wildman–Crippen MR) is 81.0 cm³/mol. The van der Waals surface area contributed by atoms with Crippen molar-refractivity contribution in [3.05, 3.63) is 0 Å². The predicted octanol–water partition coefficient (Wildman–Crippen LogP) is 1.92. The Kier molecular flexibility index (Phi) is 4.91. The van der Waals surface area contributed by atoms with Crippen LogP contribution in [0.4, 0.5) is 0 Å². The number of hydrogen-bond acceptors (Lipinski definition) is 3. The van der Waals surface area contributed by atoms with Crippen LogP contribution < -0.4 is 10.6 Å². The zero-order valence-electron chi connectivity index (χ0n) is 13.2. The molecule has 5 nitrogen and oxygen atoms in total. The number of amides is 1. The first kappa shape index (κ1) is 16.3. The van der Waals surface area contributed by atoms with Crippen molar-refractivity contribution in [2.24, 2.45) is 11.3 Å². The maximum atomic E-state index is 12.8. The van der Waals surface area contributed by atoms with Crippen molar-refractivity contribution in [2.45, 2.75) is 64.3 Å². The van der Waals surface area contributed by atoms with E-state index in [0.717, 1.165) is 51.6 Å². The van der Waals surface area contributed by atoms with Gasteiger partial charge in [-0.25, -0.2) is 0 Å². The van der Waals surface area contributed by atoms with E-state index in [4.69, 9.17) is 5.11 Å². The van der Waals surface area contributed by atoms with Gasteiger partial charge in [0.05, 0.1) is 12.0 Å². The summed E-state index contributed by atoms with van der Waals surface area (Å²) in [6.07, 6.45) is 5.75. The number of rotatable bonds is 5. The smallest absolute Gasteiger partial charge is 0.305 e. The molecule has 0 spiro atoms. The highest BCUT2D eigenvalue weighted by molar-refractivity contribution is 5.83. The van der Waals surface area contributed by atoms with Crippen molar-refractivity contribution < 1.29 is 14.7 Å². The summed E-state index contributed by atoms with van der Waals surface area (Å²) in [6.45, 7) is 5.87. The SMILES string of the molecule is CC(C)(C(=O)NC1(CC(=O)O)CCCC1)C1CCCNC1. The van der Waals surface area contributed by atoms with E-state index in [9.17, 15) is 9.59 Å². The van der Waals surface area contributed by atoms with E-state index in [1.807, 2.05) is 13.8 Å². The third-order valence-corrected chi connectivity index (χ3v) is 5.33. The van der Waals surface area contributed by atoms with E-state index < -0.39 is 16.9 Å². The molecule has 0 aromatic heterocycles. The highest BCUT2D eigenvalue weighted by atomic mass is 16.4. The zero-order valence-corrected chi connectivity index (χ0v) is 13.2. The van der Waals surface area contributed by atoms with E-state index >= 15 is 0 Å². The second kappa shape index (κ2) is 6.34. The van der Waals surface area contributed by atoms with Crippen molar-refractivity contribution >= 4 is 11.9 Å². The average molecular weight is 296 g/mol. The van der Waals surface area contributed by atoms with Crippen LogP contribution in [0.15, 0.2) is 0 Å². The quantitative estimate of drug-likeness (QED) is 0.724. The molecule has 0 aromatic rings. The summed E-state index contributed by atoms with van der Waals surface area (Å²) in [7, 11) is 0. The van der Waals surface area contributed by atoms with E-state index in [1.165, 1.54) is 0 Å². The molecule has 1 heterocycles. The van der Waals surface area contributed by atoms with E-state index in [2.05, 4.69) is 10.6 Å². The molecule has 3 N–H and O–H groups in total. The van der Waals surface area contributed by atoms with E-state index in [0.29, 0.717) is 5.92 Å². The van der Waals surface area contributed by atoms with E-state index in [-0.39, 0.29) is 12.3 Å². The largest absolute Gasteiger partial charge is 0.481 e. The third-order valence-electron chi connectivity index (χ3n) is 5.33. The van der Waals surface area contributed by atoms with Gasteiger partial charge in [0.25, 0.3) is 0 Å². The molecule has 2 rings (SSSR count). The van der Waals surface area contributed by atoms with Crippen LogP contribution in [-0.4, -0.2) is 35.6 Å². The fraction of sp³-hybridized carbons (Fsp3) is 0.875. The number of nitrogens with one attached hydrogen (secondary N) is 2. The number of carbonyl (C=O) groups is 2. The van der Waals surface area contributed by atoms with Crippen LogP contribution in [0.1, 0.15) is 58.8 Å². The molecule has 0 radical (unpaired) electrons. The fourth-order valence-electron chi connectivity index (χ4n) is 3.74. The Morgan fingerprint density at radius 2 is 1.95 bits per heavy atom. The van der Waals surface area contributed by atoms with E-state index in [1.54, 1.807) is 0 Å². The van der Waals surface area contributed by atoms with Crippen LogP contribution in [0.5, 0.6) is 0 Å². The molecular weight excluding hydrogens is 268 g/mol. The van der Waals surface area contributed by atoms with Crippen LogP contribution in [-0.2, 0) is 9.59 Å². The summed E-state index contributed by atoms with van der Waals surface area (Å²) < 4.78 is 0. The zero-order chi connectivity index (χ0) is 15.5. The van der Waals surface area contributed by atoms with Gasteiger partial charge < -0.3 is 15.7 Å². The molecule has 21 heavy (non-hydrogen) atoms. The lowest BCUT2D eigenvalue weighted by Crippen LogP contribution is -2.55. The van der Waals surface area contributed by atoms with Crippen molar-refractivity contribution in [3.63, 3.8) is 0 Å². The van der Waals surface area contributed by atoms with Crippen LogP contribution in [0.2, 0.25) is 0 Å². The number of carboxylic acid groups (broad SMARTS) is 1. The first-order valence-corrected chi connectivity index (χ1v) is 8.11. The van der Waals surface area contributed by atoms with Gasteiger partial charge in [0.2, 0.25) is 5.91 Å². The summed E-state index contributed by atoms with van der Waals surface area (Å²) in [5.74, 6) is -0.497. The molecule has 0 bridgehead atoms. The molecule has 1 atom stereocenters. The Morgan fingerprint density at radius 3 is 2.48 bits per heavy atom. The Morgan fingerprint density at radius 1 is 1.29 bits per heavy atom. The Bertz CT molecular complexity index is 394. The maximum absolute atomic E-state index is 12.8. The first-order chi connectivity index (χ1) is 9.86. The molecule has 0 aromatic carbocycles. The van der Waals surface area contributed by atoms with Crippen molar-refractivity contribution in [1.82, 2.24) is 10.6 Å². The molecular formula is C16H28N2O3. The van der Waals surface area contributed by atoms with Gasteiger partial charge in [-0.05, 0) is 44.7 Å². The molecule has 1 amide bonds. The number of carboxylic acids is 1. The van der Waals surface area contributed by atoms with Gasteiger partial charge in [-0.2, -0.15) is 0 Å². The van der Waals surface area contributed by atoms with Gasteiger partial charge in [-0.3, -0.25) is 9.59 Å². The number of aliphatic carboxylic acids is 1. The molecule has 1 aliphatic carbocycles. The Labute approximate surface area is 126 Å². The summed E-state index contributed by atoms with van der Waals surface area (Å²) in [5, 5.41) is 15.6. The molecule has 1 unspecified atom stereocenters. The van der Waals surface area contributed by atoms with Gasteiger partial charge in [0.15, 0.2) is 0 Å². The second-order valence-electron chi connectivity index (χ2n) is 7.28. The standard InChI is InChI=1S/C16H28N2O3/c1-15(2,12-6-5-9-17-11-12)14(21)18-16(10-13(19)20)7-3-4-8-16/h12,17H,3-11H2,1-2H3,(H,18,21)(H,19,20). The molecule has 1 saturated carbocycles. The maximum Gasteiger partial charge on any atom is 0.305 e. The fourth-order valence-corrected chi connectivity index (χ4v) is 3.74. The summed E-state index contributed by atoms with van der Waals surface area (Å²) >= 11 is 0. The van der Waals surface area contributed by atoms with Crippen LogP contribution in [0.25, 0.3) is 0 Å². The minimum absolute atomic E-state index is 0.0133. The normalized spacial score (nSPS) is 25.5. The van der Waals surface area contributed by atoms with Crippen LogP contribution in [0, 0.1) is 11.3 Å². The van der Waals surface area contributed by atoms with Crippen molar-refractivity contribution in [1.29, 1.82) is 0 Å². The summed E-state index contributed by atoms with van der Waals surface area (Å²) in [5.41, 5.74) is -0.982. The second-order valence-corrected chi connectivity index (χ2v) is 7.28. The van der Waals surface area contributed by atoms with Crippen molar-refractivity contribution in [3.8, 4) is 0 Å². The van der Waals surface area contributed by atoms with Gasteiger partial charge in [-0.1, -0.05) is 26.7 Å². The highest BCUT2D eigenvalue weighted by Crippen LogP contribution is 2.37. The minimum Gasteiger partial charge on any atom is -0.481 e. The molecule has 1 saturated heterocycles. The summed E-state index contributed by atoms with van der Waals surface area (Å²) in [4.78, 5) is 23.9. The summed E-state index contributed by atoms with van der Waals surface area (Å²) in [6, 6.07) is 0. The molecule has 5 heteroatoms. The van der Waals surface area contributed by atoms with Crippen LogP contribution in [0.3, 0.4) is 0 Å². The average Bonchev–Trinajstić information content (AvgIpc) is 2.87. The third kappa shape index (κ3) is 3.76. The molecule has 2 aliphatic rings. The van der Waals surface area contributed by atoms with Gasteiger partial charge in [-0.15, -0.1) is 0 Å². The lowest BCUT2D eigenvalue weighted by Gasteiger charge is -2.39. The number of carbonyl (C=O) groups excluding carboxylic acids is 1.